The van der Waals surface area contributed by atoms with Gasteiger partial charge in [-0.25, -0.2) is 0 Å². The van der Waals surface area contributed by atoms with Gasteiger partial charge < -0.3 is 14.2 Å². The molecule has 1 spiro atoms. The maximum Gasteiger partial charge on any atom is 0.315 e. The second-order valence-corrected chi connectivity index (χ2v) is 5.02. The fourth-order valence-electron chi connectivity index (χ4n) is 3.54. The third kappa shape index (κ3) is 0.867. The summed E-state index contributed by atoms with van der Waals surface area (Å²) in [5.74, 6) is -1.19. The van der Waals surface area contributed by atoms with E-state index in [9.17, 15) is 9.59 Å². The van der Waals surface area contributed by atoms with Gasteiger partial charge in [0.05, 0.1) is 13.2 Å². The lowest BCUT2D eigenvalue weighted by Crippen LogP contribution is -2.49. The van der Waals surface area contributed by atoms with Crippen LogP contribution in [0.1, 0.15) is 19.8 Å². The maximum absolute atomic E-state index is 11.9. The zero-order valence-electron chi connectivity index (χ0n) is 9.32. The van der Waals surface area contributed by atoms with E-state index in [1.807, 2.05) is 0 Å². The Kier molecular flexibility index (Phi) is 1.74. The van der Waals surface area contributed by atoms with Gasteiger partial charge in [0.2, 0.25) is 0 Å². The van der Waals surface area contributed by atoms with Gasteiger partial charge in [0.1, 0.15) is 23.5 Å². The first-order chi connectivity index (χ1) is 7.54. The van der Waals surface area contributed by atoms with E-state index in [1.54, 1.807) is 6.92 Å². The normalized spacial score (nSPS) is 49.0. The predicted octanol–water partition coefficient (Wildman–Crippen LogP) is 0.270. The molecule has 0 aromatic rings. The summed E-state index contributed by atoms with van der Waals surface area (Å²) in [5.41, 5.74) is -1.44. The molecule has 0 saturated carbocycles. The molecule has 4 atom stereocenters. The highest BCUT2D eigenvalue weighted by Crippen LogP contribution is 2.61. The quantitative estimate of drug-likeness (QED) is 0.600. The van der Waals surface area contributed by atoms with Gasteiger partial charge in [0, 0.05) is 0 Å². The van der Waals surface area contributed by atoms with Crippen LogP contribution in [-0.4, -0.2) is 37.4 Å². The summed E-state index contributed by atoms with van der Waals surface area (Å²) < 4.78 is 15.7. The van der Waals surface area contributed by atoms with Crippen LogP contribution in [0, 0.1) is 11.3 Å². The first kappa shape index (κ1) is 10.1. The molecule has 16 heavy (non-hydrogen) atoms. The van der Waals surface area contributed by atoms with E-state index < -0.39 is 16.9 Å². The summed E-state index contributed by atoms with van der Waals surface area (Å²) >= 11 is 0. The lowest BCUT2D eigenvalue weighted by Gasteiger charge is -2.33. The van der Waals surface area contributed by atoms with E-state index >= 15 is 0 Å². The molecule has 0 radical (unpaired) electrons. The van der Waals surface area contributed by atoms with Crippen LogP contribution in [0.2, 0.25) is 0 Å². The third-order valence-corrected chi connectivity index (χ3v) is 4.32. The zero-order valence-corrected chi connectivity index (χ0v) is 9.32. The summed E-state index contributed by atoms with van der Waals surface area (Å²) in [7, 11) is 1.34. The van der Waals surface area contributed by atoms with Crippen molar-refractivity contribution in [1.82, 2.24) is 0 Å². The molecule has 0 unspecified atom stereocenters. The van der Waals surface area contributed by atoms with Crippen LogP contribution in [0.5, 0.6) is 0 Å². The molecule has 3 rings (SSSR count). The summed E-state index contributed by atoms with van der Waals surface area (Å²) in [4.78, 5) is 23.7. The molecule has 2 bridgehead atoms. The average molecular weight is 226 g/mol. The van der Waals surface area contributed by atoms with Crippen LogP contribution in [0.15, 0.2) is 0 Å². The van der Waals surface area contributed by atoms with Crippen molar-refractivity contribution in [1.29, 1.82) is 0 Å². The van der Waals surface area contributed by atoms with Crippen molar-refractivity contribution in [3.63, 3.8) is 0 Å². The van der Waals surface area contributed by atoms with Crippen molar-refractivity contribution in [2.75, 3.05) is 13.7 Å². The molecule has 5 heteroatoms. The Bertz CT molecular complexity index is 379. The molecule has 3 aliphatic rings. The fourth-order valence-corrected chi connectivity index (χ4v) is 3.54. The predicted molar refractivity (Wildman–Crippen MR) is 51.4 cm³/mol. The number of cyclic esters (lactones) is 1. The first-order valence-electron chi connectivity index (χ1n) is 5.47. The van der Waals surface area contributed by atoms with Crippen LogP contribution in [0.25, 0.3) is 0 Å². The minimum absolute atomic E-state index is 0.210. The largest absolute Gasteiger partial charge is 0.469 e. The van der Waals surface area contributed by atoms with Crippen molar-refractivity contribution >= 4 is 11.9 Å². The Labute approximate surface area is 93.0 Å². The third-order valence-electron chi connectivity index (χ3n) is 4.32. The Morgan fingerprint density at radius 1 is 1.56 bits per heavy atom. The minimum atomic E-state index is -0.874. The number of ether oxygens (including phenoxy) is 3. The van der Waals surface area contributed by atoms with Crippen molar-refractivity contribution < 1.29 is 23.8 Å². The fraction of sp³-hybridized carbons (Fsp3) is 0.818. The number of hydrogen-bond donors (Lipinski definition) is 0. The maximum atomic E-state index is 11.9. The highest BCUT2D eigenvalue weighted by molar-refractivity contribution is 5.89. The number of carbonyl (C=O) groups excluding carboxylic acids is 2. The van der Waals surface area contributed by atoms with Gasteiger partial charge in [-0.05, 0) is 19.8 Å². The Morgan fingerprint density at radius 3 is 3.00 bits per heavy atom. The molecule has 0 aromatic heterocycles. The number of rotatable bonds is 1. The number of methoxy groups -OCH3 is 1. The van der Waals surface area contributed by atoms with E-state index in [0.717, 1.165) is 12.8 Å². The first-order valence-corrected chi connectivity index (χ1v) is 5.47. The number of esters is 2. The number of hydrogen-bond acceptors (Lipinski definition) is 5. The van der Waals surface area contributed by atoms with Gasteiger partial charge in [0.25, 0.3) is 0 Å². The Balaban J connectivity index is 2.08. The molecule has 5 nitrogen and oxygen atoms in total. The number of carbonyl (C=O) groups is 2. The van der Waals surface area contributed by atoms with Crippen LogP contribution in [-0.2, 0) is 23.8 Å². The Hall–Kier alpha value is -1.10. The topological polar surface area (TPSA) is 61.8 Å². The molecule has 3 heterocycles. The van der Waals surface area contributed by atoms with Crippen molar-refractivity contribution in [3.8, 4) is 0 Å². The molecule has 0 N–H and O–H groups in total. The smallest absolute Gasteiger partial charge is 0.315 e. The molecular weight excluding hydrogens is 212 g/mol. The average Bonchev–Trinajstić information content (AvgIpc) is 2.90. The van der Waals surface area contributed by atoms with Crippen molar-refractivity contribution in [2.45, 2.75) is 31.5 Å². The minimum Gasteiger partial charge on any atom is -0.469 e. The standard InChI is InChI=1S/C11H14O5/c1-10(9(13)14-2)6-3-4-11(16-6)5-15-8(12)7(10)11/h6-7H,3-5H2,1-2H3/t6-,7+,10+,11+/m1/s1. The van der Waals surface area contributed by atoms with Gasteiger partial charge in [-0.2, -0.15) is 0 Å². The molecule has 88 valence electrons. The van der Waals surface area contributed by atoms with Crippen molar-refractivity contribution in [2.24, 2.45) is 11.3 Å². The van der Waals surface area contributed by atoms with Gasteiger partial charge in [-0.15, -0.1) is 0 Å². The summed E-state index contributed by atoms with van der Waals surface area (Å²) in [6.07, 6.45) is 1.37. The van der Waals surface area contributed by atoms with Crippen molar-refractivity contribution in [3.05, 3.63) is 0 Å². The SMILES string of the molecule is COC(=O)[C@]1(C)[C@@H]2C(=O)OC[C@@]23CC[C@H]1O3. The lowest BCUT2D eigenvalue weighted by atomic mass is 9.63. The molecular formula is C11H14O5. The van der Waals surface area contributed by atoms with E-state index in [-0.39, 0.29) is 24.6 Å². The molecule has 3 fully saturated rings. The summed E-state index contributed by atoms with van der Waals surface area (Å²) in [6.45, 7) is 2.03. The monoisotopic (exact) mass is 226 g/mol. The number of fused-ring (bicyclic) bond motifs is 1. The molecule has 0 amide bonds. The van der Waals surface area contributed by atoms with Crippen LogP contribution in [0.3, 0.4) is 0 Å². The summed E-state index contributed by atoms with van der Waals surface area (Å²) in [6, 6.07) is 0. The van der Waals surface area contributed by atoms with E-state index in [0.29, 0.717) is 0 Å². The second kappa shape index (κ2) is 2.77. The van der Waals surface area contributed by atoms with E-state index in [2.05, 4.69) is 0 Å². The highest BCUT2D eigenvalue weighted by Gasteiger charge is 2.74. The molecule has 0 aromatic carbocycles. The second-order valence-electron chi connectivity index (χ2n) is 5.02. The van der Waals surface area contributed by atoms with Gasteiger partial charge in [-0.3, -0.25) is 9.59 Å². The Morgan fingerprint density at radius 2 is 2.31 bits per heavy atom. The van der Waals surface area contributed by atoms with Crippen LogP contribution < -0.4 is 0 Å². The van der Waals surface area contributed by atoms with E-state index in [4.69, 9.17) is 14.2 Å². The summed E-state index contributed by atoms with van der Waals surface area (Å²) in [5, 5.41) is 0. The highest BCUT2D eigenvalue weighted by atomic mass is 16.6. The van der Waals surface area contributed by atoms with Gasteiger partial charge in [-0.1, -0.05) is 0 Å². The zero-order chi connectivity index (χ0) is 11.6. The molecule has 3 saturated heterocycles. The molecule has 0 aliphatic carbocycles. The van der Waals surface area contributed by atoms with Gasteiger partial charge in [0.15, 0.2) is 0 Å². The van der Waals surface area contributed by atoms with Gasteiger partial charge >= 0.3 is 11.9 Å². The lowest BCUT2D eigenvalue weighted by molar-refractivity contribution is -0.164. The van der Waals surface area contributed by atoms with E-state index in [1.165, 1.54) is 7.11 Å². The van der Waals surface area contributed by atoms with Crippen LogP contribution >= 0.6 is 0 Å². The molecule has 3 aliphatic heterocycles. The van der Waals surface area contributed by atoms with Crippen LogP contribution in [0.4, 0.5) is 0 Å².